The third-order valence-electron chi connectivity index (χ3n) is 3.97. The molecule has 1 heterocycles. The largest absolute Gasteiger partial charge is 0.330 e. The first-order chi connectivity index (χ1) is 7.33. The van der Waals surface area contributed by atoms with Crippen molar-refractivity contribution in [2.75, 3.05) is 32.7 Å². The second kappa shape index (κ2) is 5.28. The van der Waals surface area contributed by atoms with Crippen molar-refractivity contribution in [3.63, 3.8) is 0 Å². The Balaban J connectivity index is 1.73. The molecular weight excluding hydrogens is 186 g/mol. The number of nitrogens with zero attached hydrogens (tertiary/aromatic N) is 1. The first-order valence-electron chi connectivity index (χ1n) is 6.49. The molecule has 0 amide bonds. The molecule has 0 radical (unpaired) electrons. The summed E-state index contributed by atoms with van der Waals surface area (Å²) in [5.41, 5.74) is 5.89. The number of rotatable bonds is 6. The third kappa shape index (κ3) is 3.16. The van der Waals surface area contributed by atoms with Crippen LogP contribution in [0.1, 0.15) is 26.2 Å². The Kier molecular flexibility index (Phi) is 4.00. The van der Waals surface area contributed by atoms with Crippen molar-refractivity contribution in [3.05, 3.63) is 0 Å². The van der Waals surface area contributed by atoms with Gasteiger partial charge < -0.3 is 16.0 Å². The summed E-state index contributed by atoms with van der Waals surface area (Å²) in [6, 6.07) is 0.822. The number of hydrogen-bond acceptors (Lipinski definition) is 3. The van der Waals surface area contributed by atoms with Crippen molar-refractivity contribution in [2.45, 2.75) is 32.2 Å². The van der Waals surface area contributed by atoms with Gasteiger partial charge in [-0.2, -0.15) is 0 Å². The van der Waals surface area contributed by atoms with Gasteiger partial charge in [-0.25, -0.2) is 0 Å². The third-order valence-corrected chi connectivity index (χ3v) is 3.97. The second-order valence-electron chi connectivity index (χ2n) is 5.12. The van der Waals surface area contributed by atoms with Gasteiger partial charge in [0.2, 0.25) is 0 Å². The van der Waals surface area contributed by atoms with Crippen LogP contribution in [0.25, 0.3) is 0 Å². The Bertz CT molecular complexity index is 191. The van der Waals surface area contributed by atoms with Gasteiger partial charge in [0, 0.05) is 12.6 Å². The van der Waals surface area contributed by atoms with Gasteiger partial charge in [0.05, 0.1) is 0 Å². The summed E-state index contributed by atoms with van der Waals surface area (Å²) in [5, 5.41) is 3.62. The molecule has 2 unspecified atom stereocenters. The predicted molar refractivity (Wildman–Crippen MR) is 63.8 cm³/mol. The zero-order valence-electron chi connectivity index (χ0n) is 9.91. The van der Waals surface area contributed by atoms with Crippen molar-refractivity contribution in [1.29, 1.82) is 0 Å². The van der Waals surface area contributed by atoms with E-state index in [0.29, 0.717) is 5.92 Å². The molecule has 1 saturated carbocycles. The normalized spacial score (nSPS) is 29.6. The number of nitrogens with two attached hydrogens (primary N) is 1. The molecular formula is C12H25N3. The highest BCUT2D eigenvalue weighted by molar-refractivity contribution is 4.86. The Morgan fingerprint density at radius 3 is 2.73 bits per heavy atom. The summed E-state index contributed by atoms with van der Waals surface area (Å²) in [4.78, 5) is 2.55. The summed E-state index contributed by atoms with van der Waals surface area (Å²) < 4.78 is 0. The van der Waals surface area contributed by atoms with Crippen LogP contribution in [-0.2, 0) is 0 Å². The molecule has 3 N–H and O–H groups in total. The molecule has 0 aromatic carbocycles. The Morgan fingerprint density at radius 1 is 1.40 bits per heavy atom. The quantitative estimate of drug-likeness (QED) is 0.678. The van der Waals surface area contributed by atoms with E-state index in [4.69, 9.17) is 5.73 Å². The number of hydrogen-bond donors (Lipinski definition) is 2. The zero-order valence-corrected chi connectivity index (χ0v) is 9.91. The van der Waals surface area contributed by atoms with E-state index in [2.05, 4.69) is 17.1 Å². The number of likely N-dealkylation sites (tertiary alicyclic amines) is 1. The highest BCUT2D eigenvalue weighted by atomic mass is 15.1. The fourth-order valence-corrected chi connectivity index (χ4v) is 2.58. The Hall–Kier alpha value is -0.120. The lowest BCUT2D eigenvalue weighted by atomic mass is 9.91. The molecule has 0 spiro atoms. The molecule has 2 rings (SSSR count). The average Bonchev–Trinajstić information content (AvgIpc) is 2.96. The lowest BCUT2D eigenvalue weighted by molar-refractivity contribution is 0.292. The highest BCUT2D eigenvalue weighted by Crippen LogP contribution is 2.25. The summed E-state index contributed by atoms with van der Waals surface area (Å²) in [6.07, 6.45) is 4.11. The van der Waals surface area contributed by atoms with E-state index in [1.165, 1.54) is 38.9 Å². The van der Waals surface area contributed by atoms with E-state index < -0.39 is 0 Å². The molecule has 0 bridgehead atoms. The lowest BCUT2D eigenvalue weighted by Crippen LogP contribution is -2.36. The average molecular weight is 211 g/mol. The highest BCUT2D eigenvalue weighted by Gasteiger charge is 2.29. The fraction of sp³-hybridized carbons (Fsp3) is 1.00. The van der Waals surface area contributed by atoms with Gasteiger partial charge in [-0.15, -0.1) is 0 Å². The molecule has 88 valence electrons. The minimum atomic E-state index is 0.696. The van der Waals surface area contributed by atoms with Crippen LogP contribution in [0.4, 0.5) is 0 Å². The Morgan fingerprint density at radius 2 is 2.20 bits per heavy atom. The van der Waals surface area contributed by atoms with E-state index in [9.17, 15) is 0 Å². The van der Waals surface area contributed by atoms with Gasteiger partial charge in [0.25, 0.3) is 0 Å². The molecule has 1 aliphatic carbocycles. The minimum Gasteiger partial charge on any atom is -0.330 e. The standard InChI is InChI=1S/C12H25N3/c1-2-15-6-5-10(9-15)11(7-13)8-14-12-3-4-12/h10-12,14H,2-9,13H2,1H3. The molecule has 3 heteroatoms. The van der Waals surface area contributed by atoms with E-state index in [-0.39, 0.29) is 0 Å². The molecule has 3 nitrogen and oxygen atoms in total. The molecule has 1 aliphatic heterocycles. The van der Waals surface area contributed by atoms with Gasteiger partial charge >= 0.3 is 0 Å². The van der Waals surface area contributed by atoms with E-state index in [0.717, 1.165) is 25.0 Å². The van der Waals surface area contributed by atoms with Crippen molar-refractivity contribution in [2.24, 2.45) is 17.6 Å². The van der Waals surface area contributed by atoms with Crippen molar-refractivity contribution < 1.29 is 0 Å². The van der Waals surface area contributed by atoms with Crippen LogP contribution in [0.5, 0.6) is 0 Å². The summed E-state index contributed by atoms with van der Waals surface area (Å²) >= 11 is 0. The van der Waals surface area contributed by atoms with Gasteiger partial charge in [0.1, 0.15) is 0 Å². The van der Waals surface area contributed by atoms with Crippen LogP contribution in [0.15, 0.2) is 0 Å². The molecule has 1 saturated heterocycles. The van der Waals surface area contributed by atoms with Crippen molar-refractivity contribution >= 4 is 0 Å². The van der Waals surface area contributed by atoms with Crippen molar-refractivity contribution in [1.82, 2.24) is 10.2 Å². The molecule has 2 atom stereocenters. The van der Waals surface area contributed by atoms with Crippen LogP contribution < -0.4 is 11.1 Å². The van der Waals surface area contributed by atoms with E-state index in [1.54, 1.807) is 0 Å². The minimum absolute atomic E-state index is 0.696. The maximum atomic E-state index is 5.89. The zero-order chi connectivity index (χ0) is 10.7. The lowest BCUT2D eigenvalue weighted by Gasteiger charge is -2.22. The maximum Gasteiger partial charge on any atom is 0.00683 e. The Labute approximate surface area is 93.4 Å². The van der Waals surface area contributed by atoms with Gasteiger partial charge in [-0.3, -0.25) is 0 Å². The van der Waals surface area contributed by atoms with Gasteiger partial charge in [0.15, 0.2) is 0 Å². The monoisotopic (exact) mass is 211 g/mol. The topological polar surface area (TPSA) is 41.3 Å². The van der Waals surface area contributed by atoms with Gasteiger partial charge in [-0.1, -0.05) is 6.92 Å². The second-order valence-corrected chi connectivity index (χ2v) is 5.12. The molecule has 15 heavy (non-hydrogen) atoms. The van der Waals surface area contributed by atoms with Crippen LogP contribution in [-0.4, -0.2) is 43.7 Å². The van der Waals surface area contributed by atoms with Gasteiger partial charge in [-0.05, 0) is 57.3 Å². The summed E-state index contributed by atoms with van der Waals surface area (Å²) in [5.74, 6) is 1.53. The molecule has 2 aliphatic rings. The predicted octanol–water partition coefficient (Wildman–Crippen LogP) is 0.655. The van der Waals surface area contributed by atoms with Crippen LogP contribution >= 0.6 is 0 Å². The molecule has 0 aromatic heterocycles. The fourth-order valence-electron chi connectivity index (χ4n) is 2.58. The van der Waals surface area contributed by atoms with Crippen LogP contribution in [0, 0.1) is 11.8 Å². The van der Waals surface area contributed by atoms with Crippen LogP contribution in [0.2, 0.25) is 0 Å². The molecule has 2 fully saturated rings. The molecule has 0 aromatic rings. The van der Waals surface area contributed by atoms with E-state index >= 15 is 0 Å². The summed E-state index contributed by atoms with van der Waals surface area (Å²) in [6.45, 7) is 7.99. The first kappa shape index (κ1) is 11.4. The smallest absolute Gasteiger partial charge is 0.00683 e. The number of nitrogens with one attached hydrogen (secondary N) is 1. The van der Waals surface area contributed by atoms with E-state index in [1.807, 2.05) is 0 Å². The summed E-state index contributed by atoms with van der Waals surface area (Å²) in [7, 11) is 0. The maximum absolute atomic E-state index is 5.89. The van der Waals surface area contributed by atoms with Crippen LogP contribution in [0.3, 0.4) is 0 Å². The van der Waals surface area contributed by atoms with Crippen molar-refractivity contribution in [3.8, 4) is 0 Å². The first-order valence-corrected chi connectivity index (χ1v) is 6.49. The SMILES string of the molecule is CCN1CCC(C(CN)CNC2CC2)C1.